The Hall–Kier alpha value is -3.52. The van der Waals surface area contributed by atoms with Gasteiger partial charge in [-0.1, -0.05) is 18.2 Å². The molecular weight excluding hydrogens is 503 g/mol. The minimum absolute atomic E-state index is 0.0126. The van der Waals surface area contributed by atoms with Crippen LogP contribution in [-0.4, -0.2) is 44.4 Å². The standard InChI is InChI=1S/C26H24F3N5O2S/c27-26(28,29)20-13-19(15-31-21(20)14-30)33-23(36)25(11-4-12-25)34(24(33)37)18-9-7-17(8-10-18)32-22(35)16-5-2-1-3-6-16/h1-3,5-6,13,15,17-18H,4,7-12H2,(H,32,35). The Morgan fingerprint density at radius 3 is 2.41 bits per heavy atom. The van der Waals surface area contributed by atoms with Crippen LogP contribution in [0.3, 0.4) is 0 Å². The zero-order chi connectivity index (χ0) is 26.4. The Balaban J connectivity index is 1.35. The summed E-state index contributed by atoms with van der Waals surface area (Å²) >= 11 is 5.70. The summed E-state index contributed by atoms with van der Waals surface area (Å²) in [7, 11) is 0. The molecular formula is C26H24F3N5O2S. The van der Waals surface area contributed by atoms with Crippen LogP contribution >= 0.6 is 12.2 Å². The summed E-state index contributed by atoms with van der Waals surface area (Å²) in [4.78, 5) is 32.9. The molecule has 3 fully saturated rings. The van der Waals surface area contributed by atoms with Crippen LogP contribution in [0.1, 0.15) is 66.6 Å². The van der Waals surface area contributed by atoms with Gasteiger partial charge >= 0.3 is 6.18 Å². The van der Waals surface area contributed by atoms with E-state index in [2.05, 4.69) is 10.3 Å². The summed E-state index contributed by atoms with van der Waals surface area (Å²) < 4.78 is 40.7. The van der Waals surface area contributed by atoms with Crippen LogP contribution in [0.4, 0.5) is 18.9 Å². The molecule has 2 aliphatic carbocycles. The largest absolute Gasteiger partial charge is 0.419 e. The van der Waals surface area contributed by atoms with Crippen molar-refractivity contribution in [2.75, 3.05) is 4.90 Å². The van der Waals surface area contributed by atoms with Crippen LogP contribution in [0.15, 0.2) is 42.6 Å². The number of pyridine rings is 1. The lowest BCUT2D eigenvalue weighted by Gasteiger charge is -2.48. The van der Waals surface area contributed by atoms with E-state index in [1.807, 2.05) is 23.1 Å². The zero-order valence-corrected chi connectivity index (χ0v) is 20.6. The maximum Gasteiger partial charge on any atom is 0.419 e. The van der Waals surface area contributed by atoms with Gasteiger partial charge in [-0.25, -0.2) is 4.98 Å². The first-order chi connectivity index (χ1) is 17.7. The number of thiocarbonyl (C=S) groups is 1. The van der Waals surface area contributed by atoms with Crippen molar-refractivity contribution < 1.29 is 22.8 Å². The molecule has 5 rings (SSSR count). The summed E-state index contributed by atoms with van der Waals surface area (Å²) in [6.07, 6.45) is 1.03. The van der Waals surface area contributed by atoms with E-state index in [0.717, 1.165) is 23.6 Å². The van der Waals surface area contributed by atoms with Gasteiger partial charge < -0.3 is 10.2 Å². The van der Waals surface area contributed by atoms with E-state index in [0.29, 0.717) is 44.1 Å². The number of alkyl halides is 3. The Morgan fingerprint density at radius 1 is 1.16 bits per heavy atom. The van der Waals surface area contributed by atoms with Gasteiger partial charge in [0.2, 0.25) is 0 Å². The lowest BCUT2D eigenvalue weighted by atomic mass is 9.73. The van der Waals surface area contributed by atoms with Crippen molar-refractivity contribution in [3.63, 3.8) is 0 Å². The number of carbonyl (C=O) groups excluding carboxylic acids is 2. The summed E-state index contributed by atoms with van der Waals surface area (Å²) in [5.41, 5.74) is -2.30. The highest BCUT2D eigenvalue weighted by Crippen LogP contribution is 2.48. The van der Waals surface area contributed by atoms with Crippen molar-refractivity contribution in [1.82, 2.24) is 15.2 Å². The van der Waals surface area contributed by atoms with E-state index in [9.17, 15) is 22.8 Å². The van der Waals surface area contributed by atoms with Crippen molar-refractivity contribution >= 4 is 34.8 Å². The number of halogens is 3. The average Bonchev–Trinajstić information content (AvgIpc) is 3.10. The maximum absolute atomic E-state index is 13.6. The molecule has 0 bridgehead atoms. The Bertz CT molecular complexity index is 1280. The van der Waals surface area contributed by atoms with Crippen molar-refractivity contribution in [3.8, 4) is 6.07 Å². The molecule has 1 aromatic heterocycles. The van der Waals surface area contributed by atoms with Crippen LogP contribution in [0.2, 0.25) is 0 Å². The number of carbonyl (C=O) groups is 2. The molecule has 2 amide bonds. The number of rotatable bonds is 4. The second-order valence-electron chi connectivity index (χ2n) is 9.72. The van der Waals surface area contributed by atoms with Crippen LogP contribution in [0.25, 0.3) is 0 Å². The topological polar surface area (TPSA) is 89.3 Å². The summed E-state index contributed by atoms with van der Waals surface area (Å²) in [5, 5.41) is 12.3. The predicted octanol–water partition coefficient (Wildman–Crippen LogP) is 4.57. The van der Waals surface area contributed by atoms with Crippen molar-refractivity contribution in [1.29, 1.82) is 5.26 Å². The fraction of sp³-hybridized carbons (Fsp3) is 0.423. The van der Waals surface area contributed by atoms with Gasteiger partial charge in [0.15, 0.2) is 10.8 Å². The minimum atomic E-state index is -4.80. The van der Waals surface area contributed by atoms with E-state index in [4.69, 9.17) is 17.5 Å². The van der Waals surface area contributed by atoms with Crippen LogP contribution < -0.4 is 10.2 Å². The van der Waals surface area contributed by atoms with Gasteiger partial charge in [0.1, 0.15) is 11.6 Å². The van der Waals surface area contributed by atoms with Crippen molar-refractivity contribution in [3.05, 3.63) is 59.4 Å². The van der Waals surface area contributed by atoms with Crippen molar-refractivity contribution in [2.45, 2.75) is 68.7 Å². The van der Waals surface area contributed by atoms with E-state index in [1.54, 1.807) is 12.1 Å². The Labute approximate surface area is 217 Å². The highest BCUT2D eigenvalue weighted by Gasteiger charge is 2.61. The number of aromatic nitrogens is 1. The third-order valence-corrected chi connectivity index (χ3v) is 8.00. The van der Waals surface area contributed by atoms with E-state index in [1.165, 1.54) is 6.07 Å². The number of hydrogen-bond donors (Lipinski definition) is 1. The molecule has 1 spiro atoms. The second kappa shape index (κ2) is 9.41. The molecule has 1 saturated heterocycles. The number of nitrogens with one attached hydrogen (secondary N) is 1. The van der Waals surface area contributed by atoms with Gasteiger partial charge in [0, 0.05) is 17.6 Å². The third kappa shape index (κ3) is 4.33. The third-order valence-electron chi connectivity index (χ3n) is 7.62. The van der Waals surface area contributed by atoms with Crippen molar-refractivity contribution in [2.24, 2.45) is 0 Å². The van der Waals surface area contributed by atoms with E-state index < -0.39 is 23.0 Å². The number of amides is 2. The van der Waals surface area contributed by atoms with E-state index in [-0.39, 0.29) is 34.7 Å². The average molecular weight is 528 g/mol. The summed E-state index contributed by atoms with van der Waals surface area (Å²) in [5.74, 6) is -0.478. The highest BCUT2D eigenvalue weighted by molar-refractivity contribution is 7.80. The number of nitriles is 1. The van der Waals surface area contributed by atoms with Gasteiger partial charge in [0.25, 0.3) is 11.8 Å². The molecule has 2 aromatic rings. The van der Waals surface area contributed by atoms with Crippen LogP contribution in [0, 0.1) is 11.3 Å². The number of hydrogen-bond acceptors (Lipinski definition) is 5. The Morgan fingerprint density at radius 2 is 1.84 bits per heavy atom. The molecule has 0 unspecified atom stereocenters. The first kappa shape index (κ1) is 25.1. The fourth-order valence-corrected chi connectivity index (χ4v) is 6.12. The lowest BCUT2D eigenvalue weighted by Crippen LogP contribution is -2.59. The first-order valence-electron chi connectivity index (χ1n) is 12.2. The fourth-order valence-electron chi connectivity index (χ4n) is 5.61. The monoisotopic (exact) mass is 527 g/mol. The van der Waals surface area contributed by atoms with Gasteiger partial charge in [-0.15, -0.1) is 0 Å². The highest BCUT2D eigenvalue weighted by atomic mass is 32.1. The molecule has 1 N–H and O–H groups in total. The van der Waals surface area contributed by atoms with Gasteiger partial charge in [-0.2, -0.15) is 18.4 Å². The first-order valence-corrected chi connectivity index (χ1v) is 12.6. The lowest BCUT2D eigenvalue weighted by molar-refractivity contribution is -0.138. The molecule has 1 aromatic carbocycles. The molecule has 192 valence electrons. The van der Waals surface area contributed by atoms with Gasteiger partial charge in [0.05, 0.1) is 17.4 Å². The molecule has 0 radical (unpaired) electrons. The summed E-state index contributed by atoms with van der Waals surface area (Å²) in [6, 6.07) is 11.1. The SMILES string of the molecule is N#Cc1ncc(N2C(=O)C3(CCC3)N(C3CCC(NC(=O)c4ccccc4)CC3)C2=S)cc1C(F)(F)F. The second-order valence-corrected chi connectivity index (χ2v) is 10.1. The molecule has 2 saturated carbocycles. The predicted molar refractivity (Wildman–Crippen MR) is 132 cm³/mol. The quantitative estimate of drug-likeness (QED) is 0.586. The zero-order valence-electron chi connectivity index (χ0n) is 19.8. The normalized spacial score (nSPS) is 23.1. The van der Waals surface area contributed by atoms with E-state index >= 15 is 0 Å². The Kier molecular flexibility index (Phi) is 6.40. The number of nitrogens with zero attached hydrogens (tertiary/aromatic N) is 4. The molecule has 37 heavy (non-hydrogen) atoms. The number of anilines is 1. The van der Waals surface area contributed by atoms with Gasteiger partial charge in [-0.05, 0) is 75.4 Å². The number of benzene rings is 1. The van der Waals surface area contributed by atoms with Crippen LogP contribution in [0.5, 0.6) is 0 Å². The van der Waals surface area contributed by atoms with Gasteiger partial charge in [-0.3, -0.25) is 14.5 Å². The maximum atomic E-state index is 13.6. The molecule has 2 heterocycles. The molecule has 7 nitrogen and oxygen atoms in total. The minimum Gasteiger partial charge on any atom is -0.349 e. The smallest absolute Gasteiger partial charge is 0.349 e. The molecule has 3 aliphatic rings. The van der Waals surface area contributed by atoms with Crippen LogP contribution in [-0.2, 0) is 11.0 Å². The molecule has 1 aliphatic heterocycles. The molecule has 0 atom stereocenters. The molecule has 11 heteroatoms. The summed E-state index contributed by atoms with van der Waals surface area (Å²) in [6.45, 7) is 0.